The quantitative estimate of drug-likeness (QED) is 0.245. The Bertz CT molecular complexity index is 1840. The third-order valence-electron chi connectivity index (χ3n) is 17.5. The molecule has 2 aromatic rings. The summed E-state index contributed by atoms with van der Waals surface area (Å²) in [4.78, 5) is 38.3. The van der Waals surface area contributed by atoms with E-state index in [-0.39, 0.29) is 45.2 Å². The Balaban J connectivity index is 1.09. The smallest absolute Gasteiger partial charge is 0.302 e. The monoisotopic (exact) mass is 718 g/mol. The zero-order valence-corrected chi connectivity index (χ0v) is 33.4. The van der Waals surface area contributed by atoms with Crippen molar-refractivity contribution in [3.05, 3.63) is 54.0 Å². The van der Waals surface area contributed by atoms with E-state index in [4.69, 9.17) is 9.72 Å². The highest BCUT2D eigenvalue weighted by Crippen LogP contribution is 2.78. The van der Waals surface area contributed by atoms with Crippen LogP contribution in [0.4, 0.5) is 0 Å². The first kappa shape index (κ1) is 36.6. The van der Waals surface area contributed by atoms with Gasteiger partial charge in [0.25, 0.3) is 0 Å². The zero-order valence-electron chi connectivity index (χ0n) is 33.4. The van der Waals surface area contributed by atoms with Gasteiger partial charge < -0.3 is 14.6 Å². The van der Waals surface area contributed by atoms with Gasteiger partial charge in [-0.05, 0) is 148 Å². The lowest BCUT2D eigenvalue weighted by atomic mass is 9.32. The van der Waals surface area contributed by atoms with Crippen molar-refractivity contribution >= 4 is 11.9 Å². The van der Waals surface area contributed by atoms with Crippen LogP contribution in [0.2, 0.25) is 0 Å². The number of imidazole rings is 1. The number of likely N-dealkylation sites (tertiary alicyclic amines) is 1. The summed E-state index contributed by atoms with van der Waals surface area (Å²) in [5.74, 6) is 3.43. The number of fused-ring (bicyclic) bond motifs is 7. The molecular weight excluding hydrogens is 657 g/mol. The van der Waals surface area contributed by atoms with Gasteiger partial charge >= 0.3 is 5.97 Å². The van der Waals surface area contributed by atoms with E-state index in [0.717, 1.165) is 75.0 Å². The maximum atomic E-state index is 15.5. The topological polar surface area (TPSA) is 99.1 Å². The van der Waals surface area contributed by atoms with E-state index in [1.165, 1.54) is 31.3 Å². The number of nitrogens with one attached hydrogen (secondary N) is 1. The van der Waals surface area contributed by atoms with E-state index >= 15 is 4.79 Å². The van der Waals surface area contributed by atoms with Gasteiger partial charge in [-0.25, -0.2) is 4.98 Å². The molecule has 11 atom stereocenters. The minimum atomic E-state index is -0.354. The lowest BCUT2D eigenvalue weighted by Gasteiger charge is -2.73. The minimum absolute atomic E-state index is 0.0105. The number of ether oxygens (including phenoxy) is 1. The Morgan fingerprint density at radius 2 is 1.66 bits per heavy atom. The molecule has 3 unspecified atom stereocenters. The number of aromatic amines is 1. The maximum Gasteiger partial charge on any atom is 0.302 e. The normalized spacial score (nSPS) is 41.3. The van der Waals surface area contributed by atoms with Gasteiger partial charge in [-0.2, -0.15) is 5.26 Å². The second-order valence-corrected chi connectivity index (χ2v) is 19.8. The standard InChI is InChI=1S/C46H62N4O3/c1-28(2)32-17-22-46(41(52)50-25-9-10-35(50)40-48-27-34(49-40)31-13-11-30(26-47)12-14-31)24-23-44(7)33(39(32)46)15-16-37-43(6)20-19-38(53-29(3)51)42(4,5)36(43)18-21-45(37,44)8/h11-14,27,32-33,35-39H,1,9-10,15-25H2,2-8H3,(H,48,49)/t32-,33+,35?,36?,37?,38+,39+,43-,44+,45+,46-/m1/s1. The largest absolute Gasteiger partial charge is 0.462 e. The molecule has 0 radical (unpaired) electrons. The van der Waals surface area contributed by atoms with E-state index in [1.807, 2.05) is 30.5 Å². The summed E-state index contributed by atoms with van der Waals surface area (Å²) < 4.78 is 5.99. The average molecular weight is 719 g/mol. The molecule has 0 spiro atoms. The summed E-state index contributed by atoms with van der Waals surface area (Å²) >= 11 is 0. The fourth-order valence-electron chi connectivity index (χ4n) is 14.9. The van der Waals surface area contributed by atoms with Crippen LogP contribution in [0.5, 0.6) is 0 Å². The number of nitrogens with zero attached hydrogens (tertiary/aromatic N) is 3. The highest BCUT2D eigenvalue weighted by atomic mass is 16.5. The first-order valence-electron chi connectivity index (χ1n) is 20.8. The molecule has 1 aliphatic heterocycles. The van der Waals surface area contributed by atoms with Crippen LogP contribution in [-0.4, -0.2) is 39.4 Å². The van der Waals surface area contributed by atoms with Crippen molar-refractivity contribution < 1.29 is 14.3 Å². The number of nitriles is 1. The minimum Gasteiger partial charge on any atom is -0.462 e. The summed E-state index contributed by atoms with van der Waals surface area (Å²) in [5, 5.41) is 9.26. The van der Waals surface area contributed by atoms with Crippen molar-refractivity contribution in [1.29, 1.82) is 5.26 Å². The molecule has 0 bridgehead atoms. The van der Waals surface area contributed by atoms with Crippen molar-refractivity contribution in [3.63, 3.8) is 0 Å². The van der Waals surface area contributed by atoms with Gasteiger partial charge in [0.2, 0.25) is 5.91 Å². The van der Waals surface area contributed by atoms with Crippen molar-refractivity contribution in [2.45, 2.75) is 138 Å². The van der Waals surface area contributed by atoms with Crippen molar-refractivity contribution in [1.82, 2.24) is 14.9 Å². The Morgan fingerprint density at radius 3 is 2.36 bits per heavy atom. The molecule has 1 saturated heterocycles. The number of rotatable bonds is 5. The van der Waals surface area contributed by atoms with Crippen LogP contribution in [0, 0.1) is 68.0 Å². The number of esters is 1. The van der Waals surface area contributed by atoms with Crippen LogP contribution < -0.4 is 0 Å². The Kier molecular flexibility index (Phi) is 8.67. The Labute approximate surface area is 317 Å². The summed E-state index contributed by atoms with van der Waals surface area (Å²) in [6.45, 7) is 21.8. The van der Waals surface area contributed by atoms with Gasteiger partial charge in [-0.15, -0.1) is 0 Å². The van der Waals surface area contributed by atoms with Crippen LogP contribution in [0.3, 0.4) is 0 Å². The highest BCUT2D eigenvalue weighted by Gasteiger charge is 2.72. The number of benzene rings is 1. The highest BCUT2D eigenvalue weighted by molar-refractivity contribution is 5.84. The zero-order chi connectivity index (χ0) is 37.7. The molecule has 5 aliphatic carbocycles. The fraction of sp³-hybridized carbons (Fsp3) is 0.696. The number of carbonyl (C=O) groups excluding carboxylic acids is 2. The predicted molar refractivity (Wildman–Crippen MR) is 207 cm³/mol. The number of aromatic nitrogens is 2. The first-order chi connectivity index (χ1) is 25.1. The van der Waals surface area contributed by atoms with Crippen LogP contribution in [-0.2, 0) is 14.3 Å². The molecule has 1 aromatic heterocycles. The van der Waals surface area contributed by atoms with Gasteiger partial charge in [-0.1, -0.05) is 58.9 Å². The molecule has 2 heterocycles. The van der Waals surface area contributed by atoms with E-state index in [9.17, 15) is 10.1 Å². The summed E-state index contributed by atoms with van der Waals surface area (Å²) in [6.07, 6.45) is 14.8. The summed E-state index contributed by atoms with van der Waals surface area (Å²) in [5.41, 5.74) is 3.96. The summed E-state index contributed by atoms with van der Waals surface area (Å²) in [6, 6.07) is 9.76. The lowest BCUT2D eigenvalue weighted by Crippen LogP contribution is -2.67. The van der Waals surface area contributed by atoms with Crippen LogP contribution in [0.1, 0.15) is 143 Å². The Morgan fingerprint density at radius 1 is 0.906 bits per heavy atom. The predicted octanol–water partition coefficient (Wildman–Crippen LogP) is 10.2. The van der Waals surface area contributed by atoms with Crippen LogP contribution in [0.25, 0.3) is 11.3 Å². The molecule has 53 heavy (non-hydrogen) atoms. The second-order valence-electron chi connectivity index (χ2n) is 19.8. The molecule has 5 saturated carbocycles. The third-order valence-corrected chi connectivity index (χ3v) is 17.5. The van der Waals surface area contributed by atoms with Gasteiger partial charge in [0.1, 0.15) is 11.9 Å². The van der Waals surface area contributed by atoms with Crippen molar-refractivity contribution in [2.24, 2.45) is 56.7 Å². The number of hydrogen-bond donors (Lipinski definition) is 1. The second kappa shape index (κ2) is 12.6. The molecule has 7 nitrogen and oxygen atoms in total. The van der Waals surface area contributed by atoms with Gasteiger partial charge in [-0.3, -0.25) is 9.59 Å². The lowest BCUT2D eigenvalue weighted by molar-refractivity contribution is -0.249. The van der Waals surface area contributed by atoms with Gasteiger partial charge in [0.05, 0.1) is 35.0 Å². The molecule has 1 N–H and O–H groups in total. The fourth-order valence-corrected chi connectivity index (χ4v) is 14.9. The van der Waals surface area contributed by atoms with E-state index in [1.54, 1.807) is 6.92 Å². The van der Waals surface area contributed by atoms with Crippen LogP contribution >= 0.6 is 0 Å². The SMILES string of the molecule is C=C(C)[C@H]1CC[C@@]2(C(=O)N3CCCC3c3ncc(-c4ccc(C#N)cc4)[nH]3)CC[C@@]3(C)[C@@H](CCC4[C@]5(C)CC[C@H](OC(C)=O)C(C)(C)C5CC[C@@]43C)[C@H]12. The number of amides is 1. The average Bonchev–Trinajstić information content (AvgIpc) is 3.89. The molecule has 1 amide bonds. The van der Waals surface area contributed by atoms with Crippen LogP contribution in [0.15, 0.2) is 42.6 Å². The Hall–Kier alpha value is -3.40. The molecule has 6 fully saturated rings. The van der Waals surface area contributed by atoms with Gasteiger partial charge in [0, 0.05) is 18.9 Å². The summed E-state index contributed by atoms with van der Waals surface area (Å²) in [7, 11) is 0. The molecule has 284 valence electrons. The van der Waals surface area contributed by atoms with E-state index in [2.05, 4.69) is 64.1 Å². The molecule has 7 heteroatoms. The number of allylic oxidation sites excluding steroid dienone is 1. The third kappa shape index (κ3) is 5.19. The number of H-pyrrole nitrogens is 1. The molecule has 8 rings (SSSR count). The van der Waals surface area contributed by atoms with E-state index < -0.39 is 0 Å². The number of carbonyl (C=O) groups is 2. The van der Waals surface area contributed by atoms with E-state index in [0.29, 0.717) is 41.1 Å². The molecule has 6 aliphatic rings. The number of hydrogen-bond acceptors (Lipinski definition) is 5. The van der Waals surface area contributed by atoms with Crippen molar-refractivity contribution in [2.75, 3.05) is 6.54 Å². The molecule has 1 aromatic carbocycles. The maximum absolute atomic E-state index is 15.5. The first-order valence-corrected chi connectivity index (χ1v) is 20.8. The van der Waals surface area contributed by atoms with Gasteiger partial charge in [0.15, 0.2) is 0 Å². The van der Waals surface area contributed by atoms with Crippen molar-refractivity contribution in [3.8, 4) is 17.3 Å². The molecular formula is C46H62N4O3.